The maximum atomic E-state index is 11.7. The molecule has 0 amide bonds. The molecule has 8 nitrogen and oxygen atoms in total. The first-order valence-electron chi connectivity index (χ1n) is 13.8. The average Bonchev–Trinajstić information content (AvgIpc) is 3.37. The van der Waals surface area contributed by atoms with Gasteiger partial charge >= 0.3 is 0 Å². The fourth-order valence-electron chi connectivity index (χ4n) is 5.48. The molecule has 5 rings (SSSR count). The van der Waals surface area contributed by atoms with Crippen LogP contribution in [0, 0.1) is 0 Å². The standard InChI is InChI=1S/C32H36N2O6S/c1-22-19-32(35,20-23(2)39-22)27-11-6-8-24(18-27)21-38-17-7-12-29-34-30(25-9-4-3-5-10-25)31(40-29)26-13-15-28(16-14-26)41(33,36)37/h3-6,8-11,13-16,18,22-23,35H,7,12,17,19-21H2,1-2H3,(H2,33,36,37). The molecule has 9 heteroatoms. The van der Waals surface area contributed by atoms with Crippen molar-refractivity contribution >= 4 is 10.0 Å². The first kappa shape index (κ1) is 29.2. The number of ether oxygens (including phenoxy) is 2. The minimum atomic E-state index is -3.79. The van der Waals surface area contributed by atoms with Crippen LogP contribution in [-0.4, -0.2) is 37.3 Å². The van der Waals surface area contributed by atoms with Gasteiger partial charge in [0.2, 0.25) is 10.0 Å². The maximum absolute atomic E-state index is 11.7. The second-order valence-electron chi connectivity index (χ2n) is 10.8. The van der Waals surface area contributed by atoms with E-state index in [-0.39, 0.29) is 17.1 Å². The van der Waals surface area contributed by atoms with Crippen LogP contribution in [0.25, 0.3) is 22.6 Å². The van der Waals surface area contributed by atoms with E-state index in [9.17, 15) is 13.5 Å². The van der Waals surface area contributed by atoms with Crippen LogP contribution >= 0.6 is 0 Å². The molecule has 3 aromatic carbocycles. The number of nitrogens with zero attached hydrogens (tertiary/aromatic N) is 1. The number of primary sulfonamides is 1. The van der Waals surface area contributed by atoms with Gasteiger partial charge in [-0.3, -0.25) is 0 Å². The molecule has 4 aromatic rings. The predicted molar refractivity (Wildman–Crippen MR) is 156 cm³/mol. The van der Waals surface area contributed by atoms with Crippen molar-refractivity contribution < 1.29 is 27.4 Å². The SMILES string of the molecule is CC1CC(O)(c2cccc(COCCCc3nc(-c4ccccc4)c(-c4ccc(S(N)(=O)=O)cc4)o3)c2)CC(C)O1. The van der Waals surface area contributed by atoms with Crippen LogP contribution in [0.2, 0.25) is 0 Å². The van der Waals surface area contributed by atoms with Gasteiger partial charge in [0.15, 0.2) is 11.7 Å². The third kappa shape index (κ3) is 7.12. The third-order valence-corrected chi connectivity index (χ3v) is 8.22. The molecule has 1 saturated heterocycles. The van der Waals surface area contributed by atoms with Crippen molar-refractivity contribution in [1.29, 1.82) is 0 Å². The Hall–Kier alpha value is -3.34. The first-order chi connectivity index (χ1) is 19.6. The van der Waals surface area contributed by atoms with Gasteiger partial charge in [0.25, 0.3) is 0 Å². The Morgan fingerprint density at radius 1 is 0.976 bits per heavy atom. The van der Waals surface area contributed by atoms with E-state index in [1.165, 1.54) is 12.1 Å². The zero-order valence-electron chi connectivity index (χ0n) is 23.3. The van der Waals surface area contributed by atoms with Gasteiger partial charge in [-0.2, -0.15) is 0 Å². The number of hydrogen-bond acceptors (Lipinski definition) is 7. The highest BCUT2D eigenvalue weighted by Crippen LogP contribution is 2.38. The zero-order chi connectivity index (χ0) is 29.0. The lowest BCUT2D eigenvalue weighted by atomic mass is 9.81. The van der Waals surface area contributed by atoms with E-state index >= 15 is 0 Å². The average molecular weight is 577 g/mol. The fraction of sp³-hybridized carbons (Fsp3) is 0.344. The smallest absolute Gasteiger partial charge is 0.238 e. The highest BCUT2D eigenvalue weighted by molar-refractivity contribution is 7.89. The van der Waals surface area contributed by atoms with Crippen molar-refractivity contribution in [3.8, 4) is 22.6 Å². The molecule has 2 heterocycles. The Balaban J connectivity index is 1.22. The maximum Gasteiger partial charge on any atom is 0.238 e. The number of benzene rings is 3. The molecular formula is C32H36N2O6S. The third-order valence-electron chi connectivity index (χ3n) is 7.29. The number of aliphatic hydroxyl groups is 1. The Kier molecular flexibility index (Phi) is 8.72. The van der Waals surface area contributed by atoms with Gasteiger partial charge in [-0.05, 0) is 55.7 Å². The predicted octanol–water partition coefficient (Wildman–Crippen LogP) is 5.58. The number of rotatable bonds is 10. The Labute approximate surface area is 241 Å². The van der Waals surface area contributed by atoms with E-state index in [0.29, 0.717) is 61.8 Å². The van der Waals surface area contributed by atoms with Gasteiger partial charge in [0, 0.05) is 37.0 Å². The molecule has 1 aliphatic rings. The summed E-state index contributed by atoms with van der Waals surface area (Å²) in [5.41, 5.74) is 3.32. The van der Waals surface area contributed by atoms with Crippen molar-refractivity contribution in [3.05, 3.63) is 95.9 Å². The molecule has 2 unspecified atom stereocenters. The molecule has 0 bridgehead atoms. The van der Waals surface area contributed by atoms with Crippen LogP contribution in [0.4, 0.5) is 0 Å². The van der Waals surface area contributed by atoms with E-state index in [4.69, 9.17) is 24.0 Å². The second kappa shape index (κ2) is 12.3. The van der Waals surface area contributed by atoms with Crippen LogP contribution in [0.5, 0.6) is 0 Å². The van der Waals surface area contributed by atoms with E-state index in [1.54, 1.807) is 12.1 Å². The molecule has 2 atom stereocenters. The van der Waals surface area contributed by atoms with E-state index in [2.05, 4.69) is 0 Å². The van der Waals surface area contributed by atoms with Crippen LogP contribution in [-0.2, 0) is 38.1 Å². The summed E-state index contributed by atoms with van der Waals surface area (Å²) in [6.45, 7) is 4.94. The molecule has 1 aromatic heterocycles. The van der Waals surface area contributed by atoms with Crippen molar-refractivity contribution in [1.82, 2.24) is 4.98 Å². The Morgan fingerprint density at radius 2 is 1.68 bits per heavy atom. The van der Waals surface area contributed by atoms with Crippen LogP contribution in [0.3, 0.4) is 0 Å². The molecule has 0 spiro atoms. The number of oxazole rings is 1. The van der Waals surface area contributed by atoms with E-state index < -0.39 is 15.6 Å². The van der Waals surface area contributed by atoms with Crippen molar-refractivity contribution in [2.45, 2.75) is 68.8 Å². The van der Waals surface area contributed by atoms with E-state index in [0.717, 1.165) is 16.7 Å². The molecule has 216 valence electrons. The summed E-state index contributed by atoms with van der Waals surface area (Å²) in [6.07, 6.45) is 2.42. The molecule has 1 aliphatic heterocycles. The van der Waals surface area contributed by atoms with Crippen molar-refractivity contribution in [3.63, 3.8) is 0 Å². The second-order valence-corrected chi connectivity index (χ2v) is 12.3. The van der Waals surface area contributed by atoms with Gasteiger partial charge in [-0.15, -0.1) is 0 Å². The summed E-state index contributed by atoms with van der Waals surface area (Å²) in [4.78, 5) is 4.80. The van der Waals surface area contributed by atoms with Gasteiger partial charge in [-0.1, -0.05) is 54.6 Å². The van der Waals surface area contributed by atoms with E-state index in [1.807, 2.05) is 68.4 Å². The normalized spacial score (nSPS) is 21.2. The quantitative estimate of drug-likeness (QED) is 0.236. The molecule has 3 N–H and O–H groups in total. The van der Waals surface area contributed by atoms with Crippen molar-refractivity contribution in [2.75, 3.05) is 6.61 Å². The van der Waals surface area contributed by atoms with Gasteiger partial charge in [-0.25, -0.2) is 18.5 Å². The number of aromatic nitrogens is 1. The van der Waals surface area contributed by atoms with Crippen LogP contribution in [0.1, 0.15) is 50.1 Å². The van der Waals surface area contributed by atoms with Gasteiger partial charge in [0.1, 0.15) is 5.69 Å². The number of sulfonamides is 1. The Morgan fingerprint density at radius 3 is 2.37 bits per heavy atom. The van der Waals surface area contributed by atoms with Crippen molar-refractivity contribution in [2.24, 2.45) is 5.14 Å². The summed E-state index contributed by atoms with van der Waals surface area (Å²) in [7, 11) is -3.79. The molecule has 41 heavy (non-hydrogen) atoms. The fourth-order valence-corrected chi connectivity index (χ4v) is 6.00. The summed E-state index contributed by atoms with van der Waals surface area (Å²) in [6, 6.07) is 24.0. The summed E-state index contributed by atoms with van der Waals surface area (Å²) >= 11 is 0. The van der Waals surface area contributed by atoms with Crippen LogP contribution in [0.15, 0.2) is 88.2 Å². The lowest BCUT2D eigenvalue weighted by Crippen LogP contribution is -2.41. The highest BCUT2D eigenvalue weighted by Gasteiger charge is 2.38. The van der Waals surface area contributed by atoms with Crippen LogP contribution < -0.4 is 5.14 Å². The molecule has 1 fully saturated rings. The molecule has 0 saturated carbocycles. The largest absolute Gasteiger partial charge is 0.440 e. The number of aryl methyl sites for hydroxylation is 1. The first-order valence-corrected chi connectivity index (χ1v) is 15.4. The summed E-state index contributed by atoms with van der Waals surface area (Å²) in [5, 5.41) is 16.6. The molecule has 0 aliphatic carbocycles. The molecular weight excluding hydrogens is 540 g/mol. The lowest BCUT2D eigenvalue weighted by molar-refractivity contribution is -0.135. The minimum Gasteiger partial charge on any atom is -0.440 e. The zero-order valence-corrected chi connectivity index (χ0v) is 24.1. The topological polar surface area (TPSA) is 125 Å². The highest BCUT2D eigenvalue weighted by atomic mass is 32.2. The number of hydrogen-bond donors (Lipinski definition) is 2. The van der Waals surface area contributed by atoms with Gasteiger partial charge in [0.05, 0.1) is 29.3 Å². The van der Waals surface area contributed by atoms with Gasteiger partial charge < -0.3 is 19.0 Å². The summed E-state index contributed by atoms with van der Waals surface area (Å²) < 4.78 is 41.3. The molecule has 0 radical (unpaired) electrons. The monoisotopic (exact) mass is 576 g/mol. The summed E-state index contributed by atoms with van der Waals surface area (Å²) in [5.74, 6) is 1.14. The lowest BCUT2D eigenvalue weighted by Gasteiger charge is -2.39. The number of nitrogens with two attached hydrogens (primary N) is 1. The Bertz CT molecular complexity index is 1560. The minimum absolute atomic E-state index is 0.00300.